The molecule has 0 heterocycles. The minimum atomic E-state index is -4.32. The number of aliphatic hydroxyl groups is 1. The molecule has 0 rings (SSSR count). The van der Waals surface area contributed by atoms with Crippen molar-refractivity contribution in [1.29, 1.82) is 0 Å². The van der Waals surface area contributed by atoms with Gasteiger partial charge in [-0.1, -0.05) is 227 Å². The maximum atomic E-state index is 12.9. The standard InChI is InChI=1S/C58H103N2O6P/c1-6-8-10-12-14-16-18-19-20-21-22-23-24-25-26-27-28-29-30-31-32-33-34-35-36-37-38-39-40-41-42-44-46-48-50-52-58(62)59-56(55-66-67(63,64)65-54-53-60(3,4)5)57(61)51-49-47-45-43-17-15-13-11-9-7-2/h8,10,14,16,19-20,22-23,25-26,28-29,31-32,34-35,56-57,61H,6-7,9,11-13,15,17-18,21,24,27,30,33,36-55H2,1-5H3,(H-,59,62,63,64)/p+1/b10-8-,16-14-,20-19-,23-22-,26-25-,29-28-,32-31-,35-34-. The number of nitrogens with one attached hydrogen (secondary N) is 1. The number of hydrogen-bond donors (Lipinski definition) is 3. The van der Waals surface area contributed by atoms with E-state index in [1.54, 1.807) is 0 Å². The molecule has 0 bridgehead atoms. The van der Waals surface area contributed by atoms with Crippen LogP contribution < -0.4 is 5.32 Å². The Morgan fingerprint density at radius 3 is 1.31 bits per heavy atom. The number of aliphatic hydroxyl groups excluding tert-OH is 1. The molecular formula is C58H104N2O6P+. The van der Waals surface area contributed by atoms with E-state index >= 15 is 0 Å². The third-order valence-corrected chi connectivity index (χ3v) is 12.6. The molecule has 8 nitrogen and oxygen atoms in total. The van der Waals surface area contributed by atoms with Gasteiger partial charge in [0.2, 0.25) is 5.91 Å². The molecule has 0 aromatic heterocycles. The summed E-state index contributed by atoms with van der Waals surface area (Å²) in [6.07, 6.45) is 68.9. The van der Waals surface area contributed by atoms with Crippen LogP contribution in [0.15, 0.2) is 97.2 Å². The molecular weight excluding hydrogens is 852 g/mol. The normalized spacial score (nSPS) is 14.8. The lowest BCUT2D eigenvalue weighted by atomic mass is 10.0. The van der Waals surface area contributed by atoms with Crippen LogP contribution in [0.2, 0.25) is 0 Å². The number of phosphoric ester groups is 1. The van der Waals surface area contributed by atoms with Gasteiger partial charge in [0.05, 0.1) is 39.9 Å². The topological polar surface area (TPSA) is 105 Å². The first-order valence-corrected chi connectivity index (χ1v) is 28.6. The fourth-order valence-electron chi connectivity index (χ4n) is 7.36. The highest BCUT2D eigenvalue weighted by Gasteiger charge is 2.28. The van der Waals surface area contributed by atoms with E-state index in [0.717, 1.165) is 96.3 Å². The number of carbonyl (C=O) groups is 1. The van der Waals surface area contributed by atoms with Gasteiger partial charge in [-0.2, -0.15) is 0 Å². The Morgan fingerprint density at radius 2 is 0.896 bits per heavy atom. The van der Waals surface area contributed by atoms with Crippen LogP contribution in [0.1, 0.15) is 213 Å². The molecule has 0 aliphatic rings. The van der Waals surface area contributed by atoms with E-state index in [4.69, 9.17) is 9.05 Å². The lowest BCUT2D eigenvalue weighted by Crippen LogP contribution is -2.46. The predicted octanol–water partition coefficient (Wildman–Crippen LogP) is 16.3. The zero-order valence-corrected chi connectivity index (χ0v) is 44.8. The summed E-state index contributed by atoms with van der Waals surface area (Å²) in [5.74, 6) is -0.155. The SMILES string of the molecule is CC/C=C\C/C=C\C/C=C\C/C=C\C/C=C\C/C=C\C/C=C\C/C=C\CCCCCCCCCCCCC(=O)NC(COP(=O)(O)OCC[N+](C)(C)C)C(O)CCCCCCCCCCCC. The van der Waals surface area contributed by atoms with Gasteiger partial charge in [0.25, 0.3) is 0 Å². The van der Waals surface area contributed by atoms with Crippen LogP contribution in [-0.4, -0.2) is 73.4 Å². The molecule has 0 spiro atoms. The fraction of sp³-hybridized carbons (Fsp3) is 0.707. The second kappa shape index (κ2) is 48.4. The summed E-state index contributed by atoms with van der Waals surface area (Å²) in [5.41, 5.74) is 0. The predicted molar refractivity (Wildman–Crippen MR) is 290 cm³/mol. The van der Waals surface area contributed by atoms with Crippen molar-refractivity contribution in [3.63, 3.8) is 0 Å². The van der Waals surface area contributed by atoms with E-state index < -0.39 is 20.0 Å². The number of amides is 1. The van der Waals surface area contributed by atoms with Crippen molar-refractivity contribution in [2.45, 2.75) is 225 Å². The largest absolute Gasteiger partial charge is 0.472 e. The number of carbonyl (C=O) groups excluding carboxylic acids is 1. The molecule has 386 valence electrons. The molecule has 0 aliphatic heterocycles. The van der Waals surface area contributed by atoms with Crippen molar-refractivity contribution in [1.82, 2.24) is 5.32 Å². The lowest BCUT2D eigenvalue weighted by molar-refractivity contribution is -0.870. The summed E-state index contributed by atoms with van der Waals surface area (Å²) in [4.78, 5) is 23.2. The molecule has 0 aromatic carbocycles. The van der Waals surface area contributed by atoms with E-state index in [1.807, 2.05) is 21.1 Å². The summed E-state index contributed by atoms with van der Waals surface area (Å²) in [5, 5.41) is 14.0. The molecule has 0 aromatic rings. The highest BCUT2D eigenvalue weighted by Crippen LogP contribution is 2.43. The maximum Gasteiger partial charge on any atom is 0.472 e. The first kappa shape index (κ1) is 64.4. The van der Waals surface area contributed by atoms with Crippen molar-refractivity contribution < 1.29 is 32.9 Å². The number of nitrogens with zero attached hydrogens (tertiary/aromatic N) is 1. The van der Waals surface area contributed by atoms with Crippen LogP contribution in [-0.2, 0) is 18.4 Å². The molecule has 0 aliphatic carbocycles. The Morgan fingerprint density at radius 1 is 0.522 bits per heavy atom. The number of likely N-dealkylation sites (N-methyl/N-ethyl adjacent to an activating group) is 1. The summed E-state index contributed by atoms with van der Waals surface area (Å²) in [6, 6.07) is -0.767. The molecule has 1 amide bonds. The van der Waals surface area contributed by atoms with Crippen molar-refractivity contribution in [2.24, 2.45) is 0 Å². The molecule has 0 saturated heterocycles. The van der Waals surface area contributed by atoms with Crippen LogP contribution >= 0.6 is 7.82 Å². The Kier molecular flexibility index (Phi) is 46.6. The van der Waals surface area contributed by atoms with Crippen LogP contribution in [0.3, 0.4) is 0 Å². The number of allylic oxidation sites excluding steroid dienone is 16. The quantitative estimate of drug-likeness (QED) is 0.0243. The number of rotatable bonds is 48. The summed E-state index contributed by atoms with van der Waals surface area (Å²) < 4.78 is 23.6. The van der Waals surface area contributed by atoms with Crippen molar-refractivity contribution in [2.75, 3.05) is 40.9 Å². The number of quaternary nitrogens is 1. The van der Waals surface area contributed by atoms with Gasteiger partial charge in [0.15, 0.2) is 0 Å². The Bertz CT molecular complexity index is 1410. The average molecular weight is 956 g/mol. The van der Waals surface area contributed by atoms with Crippen LogP contribution in [0.5, 0.6) is 0 Å². The van der Waals surface area contributed by atoms with Crippen molar-refractivity contribution in [3.05, 3.63) is 97.2 Å². The van der Waals surface area contributed by atoms with Gasteiger partial charge >= 0.3 is 7.82 Å². The molecule has 3 atom stereocenters. The van der Waals surface area contributed by atoms with Crippen LogP contribution in [0.4, 0.5) is 0 Å². The highest BCUT2D eigenvalue weighted by molar-refractivity contribution is 7.47. The van der Waals surface area contributed by atoms with Gasteiger partial charge in [-0.25, -0.2) is 4.57 Å². The van der Waals surface area contributed by atoms with Gasteiger partial charge in [-0.3, -0.25) is 13.8 Å². The zero-order valence-electron chi connectivity index (χ0n) is 43.9. The number of hydrogen-bond acceptors (Lipinski definition) is 5. The second-order valence-corrected chi connectivity index (χ2v) is 20.7. The zero-order chi connectivity index (χ0) is 49.2. The van der Waals surface area contributed by atoms with Gasteiger partial charge in [-0.15, -0.1) is 0 Å². The molecule has 67 heavy (non-hydrogen) atoms. The van der Waals surface area contributed by atoms with E-state index in [1.165, 1.54) is 89.9 Å². The van der Waals surface area contributed by atoms with Gasteiger partial charge in [0, 0.05) is 6.42 Å². The van der Waals surface area contributed by atoms with Crippen LogP contribution in [0.25, 0.3) is 0 Å². The minimum absolute atomic E-state index is 0.0695. The van der Waals surface area contributed by atoms with Crippen molar-refractivity contribution in [3.8, 4) is 0 Å². The molecule has 0 radical (unpaired) electrons. The first-order chi connectivity index (χ1) is 32.5. The summed E-state index contributed by atoms with van der Waals surface area (Å²) in [6.45, 7) is 4.74. The van der Waals surface area contributed by atoms with Crippen molar-refractivity contribution >= 4 is 13.7 Å². The molecule has 0 saturated carbocycles. The molecule has 3 N–H and O–H groups in total. The monoisotopic (exact) mass is 956 g/mol. The van der Waals surface area contributed by atoms with E-state index in [2.05, 4.69) is 116 Å². The van der Waals surface area contributed by atoms with Gasteiger partial charge in [-0.05, 0) is 77.0 Å². The third kappa shape index (κ3) is 51.1. The average Bonchev–Trinajstić information content (AvgIpc) is 3.29. The Labute approximate surface area is 413 Å². The van der Waals surface area contributed by atoms with E-state index in [0.29, 0.717) is 23.9 Å². The van der Waals surface area contributed by atoms with Crippen LogP contribution in [0, 0.1) is 0 Å². The number of phosphoric acid groups is 1. The lowest BCUT2D eigenvalue weighted by Gasteiger charge is -2.26. The fourth-order valence-corrected chi connectivity index (χ4v) is 8.09. The maximum absolute atomic E-state index is 12.9. The summed E-state index contributed by atoms with van der Waals surface area (Å²) >= 11 is 0. The highest BCUT2D eigenvalue weighted by atomic mass is 31.2. The van der Waals surface area contributed by atoms with E-state index in [-0.39, 0.29) is 19.1 Å². The molecule has 9 heteroatoms. The van der Waals surface area contributed by atoms with E-state index in [9.17, 15) is 19.4 Å². The first-order valence-electron chi connectivity index (χ1n) is 27.1. The van der Waals surface area contributed by atoms with Gasteiger partial charge in [0.1, 0.15) is 13.2 Å². The number of unbranched alkanes of at least 4 members (excludes halogenated alkanes) is 19. The second-order valence-electron chi connectivity index (χ2n) is 19.2. The molecule has 0 fully saturated rings. The summed E-state index contributed by atoms with van der Waals surface area (Å²) in [7, 11) is 1.60. The van der Waals surface area contributed by atoms with Gasteiger partial charge < -0.3 is 19.8 Å². The minimum Gasteiger partial charge on any atom is -0.391 e. The third-order valence-electron chi connectivity index (χ3n) is 11.6. The Hall–Kier alpha value is -2.58. The molecule has 3 unspecified atom stereocenters. The smallest absolute Gasteiger partial charge is 0.391 e. The Balaban J connectivity index is 4.06.